The van der Waals surface area contributed by atoms with Crippen LogP contribution in [0.2, 0.25) is 0 Å². The molecule has 1 N–H and O–H groups in total. The lowest BCUT2D eigenvalue weighted by atomic mass is 9.90. The second-order valence-corrected chi connectivity index (χ2v) is 5.21. The molecule has 1 aromatic carbocycles. The van der Waals surface area contributed by atoms with Crippen molar-refractivity contribution in [2.24, 2.45) is 5.41 Å². The largest absolute Gasteiger partial charge is 0.381 e. The Morgan fingerprint density at radius 2 is 2.17 bits per heavy atom. The van der Waals surface area contributed by atoms with Crippen LogP contribution in [0.3, 0.4) is 0 Å². The molecule has 1 aliphatic heterocycles. The highest BCUT2D eigenvalue weighted by molar-refractivity contribution is 5.75. The number of anilines is 1. The van der Waals surface area contributed by atoms with Crippen molar-refractivity contribution >= 4 is 16.9 Å². The van der Waals surface area contributed by atoms with Gasteiger partial charge in [-0.25, -0.2) is 4.98 Å². The molecular weight excluding hydrogens is 226 g/mol. The van der Waals surface area contributed by atoms with E-state index < -0.39 is 0 Å². The molecule has 2 heterocycles. The fourth-order valence-corrected chi connectivity index (χ4v) is 2.20. The van der Waals surface area contributed by atoms with Gasteiger partial charge in [-0.1, -0.05) is 19.1 Å². The van der Waals surface area contributed by atoms with Crippen molar-refractivity contribution < 1.29 is 4.74 Å². The number of nitrogens with zero attached hydrogens (tertiary/aromatic N) is 2. The van der Waals surface area contributed by atoms with E-state index in [0.29, 0.717) is 0 Å². The molecule has 1 aromatic heterocycles. The monoisotopic (exact) mass is 243 g/mol. The van der Waals surface area contributed by atoms with Crippen LogP contribution in [0.5, 0.6) is 0 Å². The fraction of sp³-hybridized carbons (Fsp3) is 0.429. The van der Waals surface area contributed by atoms with Crippen molar-refractivity contribution in [2.75, 3.05) is 25.1 Å². The van der Waals surface area contributed by atoms with Gasteiger partial charge in [-0.3, -0.25) is 4.98 Å². The molecule has 0 bridgehead atoms. The highest BCUT2D eigenvalue weighted by Crippen LogP contribution is 2.27. The summed E-state index contributed by atoms with van der Waals surface area (Å²) in [6.07, 6.45) is 2.89. The summed E-state index contributed by atoms with van der Waals surface area (Å²) in [6, 6.07) is 7.90. The van der Waals surface area contributed by atoms with Gasteiger partial charge in [0.15, 0.2) is 0 Å². The minimum Gasteiger partial charge on any atom is -0.381 e. The van der Waals surface area contributed by atoms with E-state index in [0.717, 1.165) is 43.0 Å². The Kier molecular flexibility index (Phi) is 2.88. The zero-order valence-corrected chi connectivity index (χ0v) is 10.5. The van der Waals surface area contributed by atoms with Crippen LogP contribution in [0.1, 0.15) is 13.3 Å². The normalized spacial score (nSPS) is 23.4. The van der Waals surface area contributed by atoms with E-state index in [1.165, 1.54) is 0 Å². The number of para-hydroxylation sites is 2. The summed E-state index contributed by atoms with van der Waals surface area (Å²) in [5.74, 6) is 0.835. The van der Waals surface area contributed by atoms with Crippen LogP contribution >= 0.6 is 0 Å². The lowest BCUT2D eigenvalue weighted by Gasteiger charge is -2.22. The molecular formula is C14H17N3O. The summed E-state index contributed by atoms with van der Waals surface area (Å²) in [7, 11) is 0. The number of fused-ring (bicyclic) bond motifs is 1. The Labute approximate surface area is 106 Å². The van der Waals surface area contributed by atoms with Crippen molar-refractivity contribution in [1.29, 1.82) is 0 Å². The van der Waals surface area contributed by atoms with Crippen molar-refractivity contribution in [1.82, 2.24) is 9.97 Å². The Balaban J connectivity index is 1.74. The van der Waals surface area contributed by atoms with Crippen molar-refractivity contribution in [3.63, 3.8) is 0 Å². The summed E-state index contributed by atoms with van der Waals surface area (Å²) in [5.41, 5.74) is 2.07. The molecule has 94 valence electrons. The molecule has 1 saturated heterocycles. The number of benzene rings is 1. The number of aromatic nitrogens is 2. The van der Waals surface area contributed by atoms with Gasteiger partial charge in [0.1, 0.15) is 5.82 Å². The van der Waals surface area contributed by atoms with Crippen LogP contribution in [0.15, 0.2) is 30.5 Å². The topological polar surface area (TPSA) is 47.0 Å². The van der Waals surface area contributed by atoms with Gasteiger partial charge >= 0.3 is 0 Å². The first-order valence-electron chi connectivity index (χ1n) is 6.29. The molecule has 0 saturated carbocycles. The molecule has 4 nitrogen and oxygen atoms in total. The number of hydrogen-bond donors (Lipinski definition) is 1. The maximum absolute atomic E-state index is 5.44. The van der Waals surface area contributed by atoms with E-state index in [-0.39, 0.29) is 5.41 Å². The number of rotatable bonds is 3. The van der Waals surface area contributed by atoms with Crippen LogP contribution in [-0.4, -0.2) is 29.7 Å². The number of ether oxygens (including phenoxy) is 1. The smallest absolute Gasteiger partial charge is 0.145 e. The van der Waals surface area contributed by atoms with Crippen molar-refractivity contribution in [3.05, 3.63) is 30.5 Å². The second-order valence-electron chi connectivity index (χ2n) is 5.21. The first-order chi connectivity index (χ1) is 8.75. The van der Waals surface area contributed by atoms with Gasteiger partial charge in [0, 0.05) is 18.6 Å². The zero-order valence-electron chi connectivity index (χ0n) is 10.5. The molecule has 1 unspecified atom stereocenters. The molecule has 1 aliphatic rings. The van der Waals surface area contributed by atoms with Crippen molar-refractivity contribution in [2.45, 2.75) is 13.3 Å². The quantitative estimate of drug-likeness (QED) is 0.899. The lowest BCUT2D eigenvalue weighted by Crippen LogP contribution is -2.27. The maximum atomic E-state index is 5.44. The zero-order chi connectivity index (χ0) is 12.4. The van der Waals surface area contributed by atoms with E-state index in [2.05, 4.69) is 22.2 Å². The predicted octanol–water partition coefficient (Wildman–Crippen LogP) is 2.47. The molecule has 1 fully saturated rings. The van der Waals surface area contributed by atoms with Crippen molar-refractivity contribution in [3.8, 4) is 0 Å². The molecule has 0 spiro atoms. The molecule has 1 atom stereocenters. The molecule has 4 heteroatoms. The molecule has 0 radical (unpaired) electrons. The van der Waals surface area contributed by atoms with Gasteiger partial charge in [0.05, 0.1) is 23.8 Å². The molecule has 0 aliphatic carbocycles. The standard InChI is InChI=1S/C14H17N3O/c1-14(6-7-18-10-14)9-16-13-8-15-11-4-2-3-5-12(11)17-13/h2-5,8H,6-7,9-10H2,1H3,(H,16,17). The Hall–Kier alpha value is -1.68. The number of hydrogen-bond acceptors (Lipinski definition) is 4. The maximum Gasteiger partial charge on any atom is 0.145 e. The van der Waals surface area contributed by atoms with Gasteiger partial charge in [-0.15, -0.1) is 0 Å². The minimum atomic E-state index is 0.216. The average molecular weight is 243 g/mol. The Morgan fingerprint density at radius 3 is 2.94 bits per heavy atom. The summed E-state index contributed by atoms with van der Waals surface area (Å²) in [6.45, 7) is 4.80. The molecule has 3 rings (SSSR count). The third kappa shape index (κ3) is 2.29. The summed E-state index contributed by atoms with van der Waals surface area (Å²) >= 11 is 0. The second kappa shape index (κ2) is 4.53. The molecule has 18 heavy (non-hydrogen) atoms. The average Bonchev–Trinajstić information content (AvgIpc) is 2.84. The van der Waals surface area contributed by atoms with Crippen LogP contribution < -0.4 is 5.32 Å². The summed E-state index contributed by atoms with van der Waals surface area (Å²) in [4.78, 5) is 8.95. The highest BCUT2D eigenvalue weighted by Gasteiger charge is 2.29. The highest BCUT2D eigenvalue weighted by atomic mass is 16.5. The van der Waals surface area contributed by atoms with Gasteiger partial charge in [0.25, 0.3) is 0 Å². The van der Waals surface area contributed by atoms with Gasteiger partial charge in [-0.2, -0.15) is 0 Å². The van der Waals surface area contributed by atoms with Gasteiger partial charge in [-0.05, 0) is 18.6 Å². The SMILES string of the molecule is CC1(CNc2cnc3ccccc3n2)CCOC1. The lowest BCUT2D eigenvalue weighted by molar-refractivity contribution is 0.164. The first kappa shape index (κ1) is 11.4. The molecule has 0 amide bonds. The van der Waals surface area contributed by atoms with Crippen LogP contribution in [0.4, 0.5) is 5.82 Å². The first-order valence-corrected chi connectivity index (χ1v) is 6.29. The van der Waals surface area contributed by atoms with Gasteiger partial charge < -0.3 is 10.1 Å². The van der Waals surface area contributed by atoms with E-state index >= 15 is 0 Å². The third-order valence-electron chi connectivity index (χ3n) is 3.45. The van der Waals surface area contributed by atoms with Gasteiger partial charge in [0.2, 0.25) is 0 Å². The van der Waals surface area contributed by atoms with E-state index in [4.69, 9.17) is 4.74 Å². The third-order valence-corrected chi connectivity index (χ3v) is 3.45. The van der Waals surface area contributed by atoms with Crippen LogP contribution in [-0.2, 0) is 4.74 Å². The fourth-order valence-electron chi connectivity index (χ4n) is 2.20. The van der Waals surface area contributed by atoms with Crippen LogP contribution in [0.25, 0.3) is 11.0 Å². The van der Waals surface area contributed by atoms with E-state index in [9.17, 15) is 0 Å². The Morgan fingerprint density at radius 1 is 1.33 bits per heavy atom. The van der Waals surface area contributed by atoms with Crippen LogP contribution in [0, 0.1) is 5.41 Å². The summed E-state index contributed by atoms with van der Waals surface area (Å²) in [5, 5.41) is 3.37. The summed E-state index contributed by atoms with van der Waals surface area (Å²) < 4.78 is 5.44. The van der Waals surface area contributed by atoms with E-state index in [1.54, 1.807) is 6.20 Å². The number of nitrogens with one attached hydrogen (secondary N) is 1. The predicted molar refractivity (Wildman–Crippen MR) is 71.6 cm³/mol. The Bertz CT molecular complexity index is 549. The van der Waals surface area contributed by atoms with E-state index in [1.807, 2.05) is 24.3 Å². The molecule has 2 aromatic rings. The minimum absolute atomic E-state index is 0.216.